The summed E-state index contributed by atoms with van der Waals surface area (Å²) >= 11 is 1.47. The molecule has 1 aromatic heterocycles. The number of amides is 1. The third-order valence-electron chi connectivity index (χ3n) is 5.11. The number of carbonyl (C=O) groups is 1. The van der Waals surface area contributed by atoms with Gasteiger partial charge in [-0.2, -0.15) is 4.99 Å². The van der Waals surface area contributed by atoms with Gasteiger partial charge in [0.05, 0.1) is 22.2 Å². The number of sulfonamides is 1. The maximum absolute atomic E-state index is 12.8. The molecule has 0 saturated heterocycles. The van der Waals surface area contributed by atoms with E-state index in [0.29, 0.717) is 28.3 Å². The van der Waals surface area contributed by atoms with Crippen molar-refractivity contribution in [3.63, 3.8) is 0 Å². The molecule has 9 heteroatoms. The second-order valence-corrected chi connectivity index (χ2v) is 10.1. The van der Waals surface area contributed by atoms with E-state index in [1.807, 2.05) is 30.5 Å². The molecule has 1 heterocycles. The zero-order valence-corrected chi connectivity index (χ0v) is 20.0. The Bertz CT molecular complexity index is 1480. The number of hydrogen-bond donors (Lipinski definition) is 1. The molecule has 3 aromatic carbocycles. The summed E-state index contributed by atoms with van der Waals surface area (Å²) < 4.78 is 35.9. The van der Waals surface area contributed by atoms with E-state index in [2.05, 4.69) is 15.8 Å². The Labute approximate surface area is 196 Å². The Balaban J connectivity index is 1.57. The van der Waals surface area contributed by atoms with Crippen LogP contribution in [0.4, 0.5) is 5.69 Å². The summed E-state index contributed by atoms with van der Waals surface area (Å²) in [5.74, 6) is 0.184. The smallest absolute Gasteiger partial charge is 0.279 e. The van der Waals surface area contributed by atoms with E-state index >= 15 is 0 Å². The third kappa shape index (κ3) is 4.84. The lowest BCUT2D eigenvalue weighted by atomic mass is 10.2. The molecule has 1 N–H and O–H groups in total. The van der Waals surface area contributed by atoms with Crippen molar-refractivity contribution in [3.05, 3.63) is 82.7 Å². The molecule has 0 radical (unpaired) electrons. The number of thiazole rings is 1. The standard InChI is InChI=1S/C24H23N3O4S2/c1-4-27-21-14-5-16(2)15-22(21)32-24(27)25-23(28)17-6-8-18(9-7-17)26-33(29,30)20-12-10-19(31-3)11-13-20/h5-15,26H,4H2,1-3H3. The predicted octanol–water partition coefficient (Wildman–Crippen LogP) is 4.58. The van der Waals surface area contributed by atoms with Crippen LogP contribution in [0.25, 0.3) is 10.2 Å². The minimum absolute atomic E-state index is 0.113. The van der Waals surface area contributed by atoms with Crippen LogP contribution in [0.5, 0.6) is 5.75 Å². The Kier molecular flexibility index (Phi) is 6.35. The molecular formula is C24H23N3O4S2. The fraction of sp³-hybridized carbons (Fsp3) is 0.167. The number of rotatable bonds is 6. The number of benzene rings is 3. The number of nitrogens with one attached hydrogen (secondary N) is 1. The average Bonchev–Trinajstić information content (AvgIpc) is 3.15. The largest absolute Gasteiger partial charge is 0.497 e. The predicted molar refractivity (Wildman–Crippen MR) is 130 cm³/mol. The average molecular weight is 482 g/mol. The molecular weight excluding hydrogens is 458 g/mol. The van der Waals surface area contributed by atoms with E-state index < -0.39 is 10.0 Å². The van der Waals surface area contributed by atoms with Gasteiger partial charge in [-0.1, -0.05) is 17.4 Å². The molecule has 4 aromatic rings. The summed E-state index contributed by atoms with van der Waals surface area (Å²) in [4.78, 5) is 17.9. The van der Waals surface area contributed by atoms with Gasteiger partial charge in [-0.3, -0.25) is 9.52 Å². The second kappa shape index (κ2) is 9.21. The fourth-order valence-corrected chi connectivity index (χ4v) is 5.62. The van der Waals surface area contributed by atoms with Crippen molar-refractivity contribution in [1.29, 1.82) is 0 Å². The van der Waals surface area contributed by atoms with Crippen LogP contribution in [0.15, 0.2) is 76.6 Å². The number of ether oxygens (including phenoxy) is 1. The van der Waals surface area contributed by atoms with Crippen LogP contribution in [0.2, 0.25) is 0 Å². The molecule has 0 aliphatic carbocycles. The lowest BCUT2D eigenvalue weighted by Gasteiger charge is -2.09. The van der Waals surface area contributed by atoms with E-state index in [-0.39, 0.29) is 10.8 Å². The summed E-state index contributed by atoms with van der Waals surface area (Å²) in [6.45, 7) is 4.74. The van der Waals surface area contributed by atoms with Crippen molar-refractivity contribution in [2.75, 3.05) is 11.8 Å². The van der Waals surface area contributed by atoms with Gasteiger partial charge >= 0.3 is 0 Å². The highest BCUT2D eigenvalue weighted by Gasteiger charge is 2.15. The third-order valence-corrected chi connectivity index (χ3v) is 7.54. The molecule has 0 spiro atoms. The van der Waals surface area contributed by atoms with Crippen molar-refractivity contribution < 1.29 is 17.9 Å². The number of fused-ring (bicyclic) bond motifs is 1. The van der Waals surface area contributed by atoms with Gasteiger partial charge in [-0.15, -0.1) is 0 Å². The van der Waals surface area contributed by atoms with Crippen LogP contribution < -0.4 is 14.3 Å². The molecule has 4 rings (SSSR count). The van der Waals surface area contributed by atoms with E-state index in [4.69, 9.17) is 4.74 Å². The highest BCUT2D eigenvalue weighted by Crippen LogP contribution is 2.21. The SMILES string of the molecule is CCn1c(=NC(=O)c2ccc(NS(=O)(=O)c3ccc(OC)cc3)cc2)sc2cc(C)ccc21. The molecule has 0 bridgehead atoms. The number of methoxy groups -OCH3 is 1. The van der Waals surface area contributed by atoms with Crippen LogP contribution in [0.1, 0.15) is 22.8 Å². The lowest BCUT2D eigenvalue weighted by molar-refractivity contribution is 0.0998. The topological polar surface area (TPSA) is 89.8 Å². The monoisotopic (exact) mass is 481 g/mol. The molecule has 0 unspecified atom stereocenters. The maximum atomic E-state index is 12.8. The molecule has 0 aliphatic rings. The van der Waals surface area contributed by atoms with Gasteiger partial charge in [0.2, 0.25) is 0 Å². The molecule has 33 heavy (non-hydrogen) atoms. The van der Waals surface area contributed by atoms with E-state index in [1.165, 1.54) is 30.6 Å². The normalized spacial score (nSPS) is 12.2. The number of carbonyl (C=O) groups excluding carboxylic acids is 1. The van der Waals surface area contributed by atoms with Crippen LogP contribution in [0.3, 0.4) is 0 Å². The van der Waals surface area contributed by atoms with E-state index in [0.717, 1.165) is 15.8 Å². The van der Waals surface area contributed by atoms with Crippen molar-refractivity contribution in [2.24, 2.45) is 4.99 Å². The number of nitrogens with zero attached hydrogens (tertiary/aromatic N) is 2. The van der Waals surface area contributed by atoms with Crippen molar-refractivity contribution in [3.8, 4) is 5.75 Å². The number of anilines is 1. The highest BCUT2D eigenvalue weighted by molar-refractivity contribution is 7.92. The molecule has 170 valence electrons. The number of aromatic nitrogens is 1. The van der Waals surface area contributed by atoms with Crippen LogP contribution in [0, 0.1) is 6.92 Å². The molecule has 1 amide bonds. The fourth-order valence-electron chi connectivity index (χ4n) is 3.37. The van der Waals surface area contributed by atoms with Crippen molar-refractivity contribution in [1.82, 2.24) is 4.57 Å². The summed E-state index contributed by atoms with van der Waals surface area (Å²) in [6, 6.07) is 18.5. The summed E-state index contributed by atoms with van der Waals surface area (Å²) in [7, 11) is -2.25. The Morgan fingerprint density at radius 1 is 1.06 bits per heavy atom. The second-order valence-electron chi connectivity index (χ2n) is 7.38. The first kappa shape index (κ1) is 22.8. The molecule has 0 saturated carbocycles. The Morgan fingerprint density at radius 3 is 2.39 bits per heavy atom. The van der Waals surface area contributed by atoms with Crippen LogP contribution in [-0.4, -0.2) is 26.0 Å². The van der Waals surface area contributed by atoms with Crippen LogP contribution >= 0.6 is 11.3 Å². The molecule has 0 aliphatic heterocycles. The quantitative estimate of drug-likeness (QED) is 0.436. The lowest BCUT2D eigenvalue weighted by Crippen LogP contribution is -2.16. The summed E-state index contributed by atoms with van der Waals surface area (Å²) in [5.41, 5.74) is 2.92. The first-order valence-corrected chi connectivity index (χ1v) is 12.6. The van der Waals surface area contributed by atoms with Gasteiger partial charge in [0.15, 0.2) is 4.80 Å². The first-order chi connectivity index (χ1) is 15.8. The van der Waals surface area contributed by atoms with E-state index in [1.54, 1.807) is 36.4 Å². The van der Waals surface area contributed by atoms with Gasteiger partial charge < -0.3 is 9.30 Å². The highest BCUT2D eigenvalue weighted by atomic mass is 32.2. The number of hydrogen-bond acceptors (Lipinski definition) is 5. The summed E-state index contributed by atoms with van der Waals surface area (Å²) in [6.07, 6.45) is 0. The van der Waals surface area contributed by atoms with Gasteiger partial charge in [-0.05, 0) is 80.1 Å². The zero-order valence-electron chi connectivity index (χ0n) is 18.4. The van der Waals surface area contributed by atoms with E-state index in [9.17, 15) is 13.2 Å². The van der Waals surface area contributed by atoms with Gasteiger partial charge in [0.1, 0.15) is 5.75 Å². The van der Waals surface area contributed by atoms with Crippen LogP contribution in [-0.2, 0) is 16.6 Å². The molecule has 7 nitrogen and oxygen atoms in total. The summed E-state index contributed by atoms with van der Waals surface area (Å²) in [5, 5.41) is 0. The Morgan fingerprint density at radius 2 is 1.76 bits per heavy atom. The first-order valence-electron chi connectivity index (χ1n) is 10.3. The van der Waals surface area contributed by atoms with Gasteiger partial charge in [0.25, 0.3) is 15.9 Å². The maximum Gasteiger partial charge on any atom is 0.279 e. The zero-order chi connectivity index (χ0) is 23.6. The van der Waals surface area contributed by atoms with Gasteiger partial charge in [0, 0.05) is 17.8 Å². The minimum atomic E-state index is -3.76. The molecule has 0 fully saturated rings. The van der Waals surface area contributed by atoms with Gasteiger partial charge in [-0.25, -0.2) is 8.42 Å². The molecule has 0 atom stereocenters. The minimum Gasteiger partial charge on any atom is -0.497 e. The Hall–Kier alpha value is -3.43. The van der Waals surface area contributed by atoms with Crippen molar-refractivity contribution >= 4 is 43.2 Å². The van der Waals surface area contributed by atoms with Crippen molar-refractivity contribution in [2.45, 2.75) is 25.3 Å². The number of aryl methyl sites for hydroxylation is 2.